The highest BCUT2D eigenvalue weighted by Gasteiger charge is 2.40. The Kier molecular flexibility index (Phi) is 22.6. The van der Waals surface area contributed by atoms with Gasteiger partial charge in [-0.3, -0.25) is 9.59 Å². The average molecular weight is 687 g/mol. The van der Waals surface area contributed by atoms with Crippen LogP contribution in [0.1, 0.15) is 67.2 Å². The summed E-state index contributed by atoms with van der Waals surface area (Å²) in [5.41, 5.74) is -2.74. The van der Waals surface area contributed by atoms with E-state index < -0.39 is 36.4 Å². The number of thioether (sulfide) groups is 1. The van der Waals surface area contributed by atoms with Crippen LogP contribution in [0.4, 0.5) is 4.79 Å². The monoisotopic (exact) mass is 686 g/mol. The largest absolute Gasteiger partial charge is 0.492 e. The van der Waals surface area contributed by atoms with Crippen molar-refractivity contribution < 1.29 is 44.3 Å². The number of urea groups is 1. The van der Waals surface area contributed by atoms with Crippen LogP contribution >= 0.6 is 11.8 Å². The van der Waals surface area contributed by atoms with Gasteiger partial charge in [0.25, 0.3) is 0 Å². The van der Waals surface area contributed by atoms with E-state index in [-0.39, 0.29) is 12.1 Å². The van der Waals surface area contributed by atoms with Gasteiger partial charge in [-0.05, 0) is 96.5 Å². The maximum absolute atomic E-state index is 13.6. The van der Waals surface area contributed by atoms with Gasteiger partial charge >= 0.3 is 23.9 Å². The van der Waals surface area contributed by atoms with Crippen molar-refractivity contribution in [3.05, 3.63) is 24.3 Å². The zero-order valence-corrected chi connectivity index (χ0v) is 30.1. The summed E-state index contributed by atoms with van der Waals surface area (Å²) >= 11 is 1.72. The highest BCUT2D eigenvalue weighted by atomic mass is 32.2. The molecule has 0 aliphatic carbocycles. The summed E-state index contributed by atoms with van der Waals surface area (Å²) < 4.78 is 5.96. The Labute approximate surface area is 284 Å². The number of nitrogens with zero attached hydrogens (tertiary/aromatic N) is 4. The molecule has 0 atom stereocenters. The molecule has 1 aromatic rings. The van der Waals surface area contributed by atoms with Gasteiger partial charge in [0.05, 0.1) is 19.4 Å². The Morgan fingerprint density at radius 2 is 1.21 bits per heavy atom. The van der Waals surface area contributed by atoms with E-state index in [2.05, 4.69) is 74.6 Å². The molecule has 2 amide bonds. The number of rotatable bonds is 23. The maximum Gasteiger partial charge on any atom is 0.336 e. The molecular weight excluding hydrogens is 628 g/mol. The molecule has 0 saturated carbocycles. The summed E-state index contributed by atoms with van der Waals surface area (Å²) in [6, 6.07) is 8.40. The standard InChI is InChI=1S/C27H50N4O2S.C6H8O7/c1-8-28(9-2)18-12-20-30(21-13-19-29(10-3)11-4)27(32)31(24(5)6)22-23-33-25-14-16-26(34-7)17-15-25;7-3(8)1-6(13,5(11)12)2-4(9)10/h14-17,24H,8-13,18-23H2,1-7H3;13H,1-2H2,(H,7,8)(H,9,10)(H,11,12). The molecule has 0 radical (unpaired) electrons. The number of carbonyl (C=O) groups is 4. The third-order valence-electron chi connectivity index (χ3n) is 7.68. The van der Waals surface area contributed by atoms with Gasteiger partial charge < -0.3 is 44.8 Å². The molecule has 0 unspecified atom stereocenters. The zero-order chi connectivity index (χ0) is 36.0. The van der Waals surface area contributed by atoms with E-state index in [1.807, 2.05) is 17.0 Å². The van der Waals surface area contributed by atoms with Crippen molar-refractivity contribution in [1.29, 1.82) is 0 Å². The van der Waals surface area contributed by atoms with Crippen LogP contribution < -0.4 is 4.74 Å². The molecule has 0 aromatic heterocycles. The van der Waals surface area contributed by atoms with Gasteiger partial charge in [0, 0.05) is 24.0 Å². The molecule has 0 saturated heterocycles. The Bertz CT molecular complexity index is 1020. The molecule has 1 aromatic carbocycles. The lowest BCUT2D eigenvalue weighted by Crippen LogP contribution is -2.49. The van der Waals surface area contributed by atoms with Crippen LogP contribution in [0.25, 0.3) is 0 Å². The molecule has 0 bridgehead atoms. The van der Waals surface area contributed by atoms with Crippen LogP contribution in [0.3, 0.4) is 0 Å². The van der Waals surface area contributed by atoms with Gasteiger partial charge in [-0.25, -0.2) is 9.59 Å². The Balaban J connectivity index is 0.00000137. The highest BCUT2D eigenvalue weighted by molar-refractivity contribution is 7.98. The molecule has 47 heavy (non-hydrogen) atoms. The van der Waals surface area contributed by atoms with E-state index in [4.69, 9.17) is 25.2 Å². The normalized spacial score (nSPS) is 11.3. The van der Waals surface area contributed by atoms with Crippen LogP contribution in [-0.2, 0) is 14.4 Å². The number of carbonyl (C=O) groups excluding carboxylic acids is 1. The molecule has 4 N–H and O–H groups in total. The first-order chi connectivity index (χ1) is 22.2. The summed E-state index contributed by atoms with van der Waals surface area (Å²) in [5, 5.41) is 33.8. The number of carboxylic acids is 3. The first kappa shape index (κ1) is 43.9. The summed E-state index contributed by atoms with van der Waals surface area (Å²) in [5.74, 6) is -4.17. The van der Waals surface area contributed by atoms with Crippen molar-refractivity contribution in [3.63, 3.8) is 0 Å². The van der Waals surface area contributed by atoms with Crippen LogP contribution in [0.2, 0.25) is 0 Å². The van der Waals surface area contributed by atoms with Gasteiger partial charge in [0.15, 0.2) is 5.60 Å². The van der Waals surface area contributed by atoms with E-state index >= 15 is 0 Å². The molecule has 0 aliphatic rings. The number of carboxylic acid groups (broad SMARTS) is 3. The smallest absolute Gasteiger partial charge is 0.336 e. The zero-order valence-electron chi connectivity index (χ0n) is 29.3. The van der Waals surface area contributed by atoms with Crippen molar-refractivity contribution >= 4 is 35.7 Å². The fourth-order valence-electron chi connectivity index (χ4n) is 4.76. The van der Waals surface area contributed by atoms with Crippen molar-refractivity contribution in [3.8, 4) is 5.75 Å². The lowest BCUT2D eigenvalue weighted by Gasteiger charge is -2.34. The number of benzene rings is 1. The number of amides is 2. The number of ether oxygens (including phenoxy) is 1. The second kappa shape index (κ2) is 24.1. The average Bonchev–Trinajstić information content (AvgIpc) is 3.01. The van der Waals surface area contributed by atoms with Crippen molar-refractivity contribution in [2.75, 3.05) is 71.8 Å². The third kappa shape index (κ3) is 18.2. The second-order valence-electron chi connectivity index (χ2n) is 11.3. The Morgan fingerprint density at radius 3 is 1.55 bits per heavy atom. The number of hydrogen-bond donors (Lipinski definition) is 4. The second-order valence-corrected chi connectivity index (χ2v) is 12.2. The SMILES string of the molecule is CCN(CC)CCCN(CCCN(CC)CC)C(=O)N(CCOc1ccc(SC)cc1)C(C)C.O=C(O)CC(O)(CC(=O)O)C(=O)O. The third-order valence-corrected chi connectivity index (χ3v) is 8.42. The first-order valence-electron chi connectivity index (χ1n) is 16.3. The molecule has 0 spiro atoms. The first-order valence-corrected chi connectivity index (χ1v) is 17.6. The minimum Gasteiger partial charge on any atom is -0.492 e. The van der Waals surface area contributed by atoms with Crippen LogP contribution in [-0.4, -0.2) is 147 Å². The number of aliphatic hydroxyl groups is 1. The molecule has 14 heteroatoms. The summed E-state index contributed by atoms with van der Waals surface area (Å²) in [6.45, 7) is 21.9. The predicted molar refractivity (Wildman–Crippen MR) is 184 cm³/mol. The fraction of sp³-hybridized carbons (Fsp3) is 0.697. The summed E-state index contributed by atoms with van der Waals surface area (Å²) in [6.07, 6.45) is 1.78. The van der Waals surface area contributed by atoms with Crippen LogP contribution in [0, 0.1) is 0 Å². The Hall–Kier alpha value is -3.07. The van der Waals surface area contributed by atoms with E-state index in [0.717, 1.165) is 70.9 Å². The fourth-order valence-corrected chi connectivity index (χ4v) is 5.17. The summed E-state index contributed by atoms with van der Waals surface area (Å²) in [7, 11) is 0. The van der Waals surface area contributed by atoms with Gasteiger partial charge in [0.1, 0.15) is 12.4 Å². The molecule has 270 valence electrons. The van der Waals surface area contributed by atoms with Crippen molar-refractivity contribution in [2.45, 2.75) is 83.8 Å². The Morgan fingerprint density at radius 1 is 0.766 bits per heavy atom. The summed E-state index contributed by atoms with van der Waals surface area (Å²) in [4.78, 5) is 54.2. The van der Waals surface area contributed by atoms with Gasteiger partial charge in [0.2, 0.25) is 0 Å². The number of hydrogen-bond acceptors (Lipinski definition) is 9. The molecule has 0 aliphatic heterocycles. The minimum absolute atomic E-state index is 0.128. The van der Waals surface area contributed by atoms with Gasteiger partial charge in [-0.1, -0.05) is 27.7 Å². The lowest BCUT2D eigenvalue weighted by molar-refractivity contribution is -0.170. The van der Waals surface area contributed by atoms with E-state index in [1.54, 1.807) is 11.8 Å². The van der Waals surface area contributed by atoms with Gasteiger partial charge in [-0.15, -0.1) is 11.8 Å². The van der Waals surface area contributed by atoms with E-state index in [0.29, 0.717) is 13.2 Å². The molecule has 0 heterocycles. The molecular formula is C33H58N4O9S. The molecule has 1 rings (SSSR count). The molecule has 0 fully saturated rings. The quantitative estimate of drug-likeness (QED) is 0.122. The van der Waals surface area contributed by atoms with Crippen LogP contribution in [0.5, 0.6) is 5.75 Å². The highest BCUT2D eigenvalue weighted by Crippen LogP contribution is 2.19. The minimum atomic E-state index is -2.74. The van der Waals surface area contributed by atoms with E-state index in [1.165, 1.54) is 4.90 Å². The van der Waals surface area contributed by atoms with E-state index in [9.17, 15) is 19.2 Å². The maximum atomic E-state index is 13.6. The lowest BCUT2D eigenvalue weighted by atomic mass is 9.96. The van der Waals surface area contributed by atoms with Gasteiger partial charge in [-0.2, -0.15) is 0 Å². The number of aliphatic carboxylic acids is 3. The predicted octanol–water partition coefficient (Wildman–Crippen LogP) is 4.14. The molecule has 13 nitrogen and oxygen atoms in total. The van der Waals surface area contributed by atoms with Crippen molar-refractivity contribution in [1.82, 2.24) is 19.6 Å². The van der Waals surface area contributed by atoms with Crippen molar-refractivity contribution in [2.24, 2.45) is 0 Å². The topological polar surface area (TPSA) is 171 Å². The van der Waals surface area contributed by atoms with Crippen LogP contribution in [0.15, 0.2) is 29.2 Å².